The Balaban J connectivity index is 1.62. The number of likely N-dealkylation sites (tertiary alicyclic amines) is 1. The summed E-state index contributed by atoms with van der Waals surface area (Å²) in [6, 6.07) is 1.77. The predicted molar refractivity (Wildman–Crippen MR) is 129 cm³/mol. The number of hydrogen-bond donors (Lipinski definition) is 3. The molecule has 0 aliphatic carbocycles. The molecule has 4 rings (SSSR count). The number of hydrogen-bond acceptors (Lipinski definition) is 6. The van der Waals surface area contributed by atoms with E-state index in [1.807, 2.05) is 13.8 Å². The van der Waals surface area contributed by atoms with E-state index in [4.69, 9.17) is 0 Å². The number of pyridine rings is 1. The van der Waals surface area contributed by atoms with Gasteiger partial charge in [-0.3, -0.25) is 9.59 Å². The van der Waals surface area contributed by atoms with E-state index < -0.39 is 41.2 Å². The molecule has 3 aromatic rings. The summed E-state index contributed by atoms with van der Waals surface area (Å²) < 4.78 is 56.5. The number of halogens is 4. The van der Waals surface area contributed by atoms with E-state index in [0.29, 0.717) is 13.1 Å². The highest BCUT2D eigenvalue weighted by Crippen LogP contribution is 2.37. The number of carbonyl (C=O) groups is 1. The van der Waals surface area contributed by atoms with Gasteiger partial charge < -0.3 is 20.3 Å². The number of piperidine rings is 1. The number of benzene rings is 1. The maximum Gasteiger partial charge on any atom is 0.416 e. The van der Waals surface area contributed by atoms with Gasteiger partial charge in [-0.25, -0.2) is 14.4 Å². The number of rotatable bonds is 4. The average Bonchev–Trinajstić information content (AvgIpc) is 2.81. The fourth-order valence-corrected chi connectivity index (χ4v) is 4.76. The van der Waals surface area contributed by atoms with Crippen LogP contribution in [0.5, 0.6) is 0 Å². The van der Waals surface area contributed by atoms with E-state index in [0.717, 1.165) is 24.4 Å². The quantitative estimate of drug-likeness (QED) is 0.447. The topological polar surface area (TPSA) is 111 Å². The van der Waals surface area contributed by atoms with Crippen LogP contribution >= 0.6 is 0 Å². The Labute approximate surface area is 209 Å². The number of aliphatic hydroxyl groups excluding tert-OH is 1. The van der Waals surface area contributed by atoms with E-state index in [-0.39, 0.29) is 45.5 Å². The molecule has 3 N–H and O–H groups in total. The fourth-order valence-electron chi connectivity index (χ4n) is 4.76. The number of nitrogens with one attached hydrogen (secondary N) is 2. The van der Waals surface area contributed by atoms with Crippen molar-refractivity contribution >= 4 is 22.6 Å². The van der Waals surface area contributed by atoms with Crippen LogP contribution in [0.4, 0.5) is 23.4 Å². The molecule has 3 atom stereocenters. The molecule has 12 heteroatoms. The van der Waals surface area contributed by atoms with Crippen molar-refractivity contribution in [3.05, 3.63) is 63.1 Å². The molecule has 3 unspecified atom stereocenters. The van der Waals surface area contributed by atoms with Crippen LogP contribution in [0.25, 0.3) is 10.9 Å². The van der Waals surface area contributed by atoms with Gasteiger partial charge in [-0.2, -0.15) is 13.2 Å². The second-order valence-electron chi connectivity index (χ2n) is 9.68. The van der Waals surface area contributed by atoms with Crippen molar-refractivity contribution in [1.82, 2.24) is 19.9 Å². The van der Waals surface area contributed by atoms with Gasteiger partial charge >= 0.3 is 6.18 Å². The number of aryl methyl sites for hydroxylation is 1. The molecular formula is C25H27F4N5O3. The molecule has 2 aromatic heterocycles. The summed E-state index contributed by atoms with van der Waals surface area (Å²) in [6.07, 6.45) is -4.14. The first-order valence-electron chi connectivity index (χ1n) is 11.8. The Morgan fingerprint density at radius 3 is 2.46 bits per heavy atom. The maximum atomic E-state index is 14.9. The molecule has 0 radical (unpaired) electrons. The number of carbonyl (C=O) groups excluding carboxylic acids is 1. The molecule has 1 aliphatic heterocycles. The molecule has 1 aromatic carbocycles. The third kappa shape index (κ3) is 5.29. The summed E-state index contributed by atoms with van der Waals surface area (Å²) in [6.45, 7) is 7.10. The van der Waals surface area contributed by atoms with Gasteiger partial charge in [0, 0.05) is 19.3 Å². The summed E-state index contributed by atoms with van der Waals surface area (Å²) in [5, 5.41) is 12.7. The SMILES string of the molecule is Cc1nc2cc(C(F)(F)F)c(C(C)Nc3ncc(C(=O)N4CC(C)C(O)C(C)C4)cc3F)cc2c(=O)[nH]1. The first kappa shape index (κ1) is 26.5. The first-order valence-corrected chi connectivity index (χ1v) is 11.8. The van der Waals surface area contributed by atoms with Gasteiger partial charge in [0.1, 0.15) is 5.82 Å². The predicted octanol–water partition coefficient (Wildman–Crippen LogP) is 4.05. The van der Waals surface area contributed by atoms with E-state index >= 15 is 0 Å². The highest BCUT2D eigenvalue weighted by atomic mass is 19.4. The number of aromatic amines is 1. The van der Waals surface area contributed by atoms with Crippen LogP contribution in [0.15, 0.2) is 29.2 Å². The summed E-state index contributed by atoms with van der Waals surface area (Å²) >= 11 is 0. The molecule has 1 aliphatic rings. The molecule has 0 bridgehead atoms. The third-order valence-corrected chi connectivity index (χ3v) is 6.68. The minimum Gasteiger partial charge on any atom is -0.392 e. The summed E-state index contributed by atoms with van der Waals surface area (Å²) in [5.41, 5.74) is -2.01. The van der Waals surface area contributed by atoms with Crippen LogP contribution in [0.2, 0.25) is 0 Å². The summed E-state index contributed by atoms with van der Waals surface area (Å²) in [4.78, 5) is 37.1. The molecule has 1 amide bonds. The lowest BCUT2D eigenvalue weighted by molar-refractivity contribution is -0.138. The summed E-state index contributed by atoms with van der Waals surface area (Å²) in [7, 11) is 0. The second-order valence-corrected chi connectivity index (χ2v) is 9.68. The van der Waals surface area contributed by atoms with Gasteiger partial charge in [-0.1, -0.05) is 13.8 Å². The Bertz CT molecular complexity index is 1400. The van der Waals surface area contributed by atoms with Gasteiger partial charge in [0.25, 0.3) is 11.5 Å². The van der Waals surface area contributed by atoms with Crippen molar-refractivity contribution in [2.45, 2.75) is 46.0 Å². The number of aliphatic hydroxyl groups is 1. The minimum absolute atomic E-state index is 0.0128. The van der Waals surface area contributed by atoms with E-state index in [2.05, 4.69) is 20.3 Å². The van der Waals surface area contributed by atoms with Crippen molar-refractivity contribution in [2.75, 3.05) is 18.4 Å². The number of H-pyrrole nitrogens is 1. The van der Waals surface area contributed by atoms with Gasteiger partial charge in [-0.15, -0.1) is 0 Å². The second kappa shape index (κ2) is 9.73. The molecule has 1 fully saturated rings. The normalized spacial score (nSPS) is 21.2. The lowest BCUT2D eigenvalue weighted by Gasteiger charge is -2.38. The Hall–Kier alpha value is -3.54. The number of nitrogens with zero attached hydrogens (tertiary/aromatic N) is 3. The average molecular weight is 522 g/mol. The van der Waals surface area contributed by atoms with Crippen LogP contribution in [0, 0.1) is 24.6 Å². The van der Waals surface area contributed by atoms with Crippen LogP contribution < -0.4 is 10.9 Å². The van der Waals surface area contributed by atoms with E-state index in [9.17, 15) is 32.3 Å². The van der Waals surface area contributed by atoms with Crippen molar-refractivity contribution < 1.29 is 27.5 Å². The van der Waals surface area contributed by atoms with Crippen molar-refractivity contribution in [3.8, 4) is 0 Å². The molecule has 37 heavy (non-hydrogen) atoms. The Kier molecular flexibility index (Phi) is 6.97. The molecule has 8 nitrogen and oxygen atoms in total. The fraction of sp³-hybridized carbons (Fsp3) is 0.440. The largest absolute Gasteiger partial charge is 0.416 e. The zero-order valence-corrected chi connectivity index (χ0v) is 20.7. The molecule has 0 saturated carbocycles. The van der Waals surface area contributed by atoms with Crippen molar-refractivity contribution in [3.63, 3.8) is 0 Å². The number of anilines is 1. The zero-order valence-electron chi connectivity index (χ0n) is 20.7. The maximum absolute atomic E-state index is 14.9. The van der Waals surface area contributed by atoms with Crippen LogP contribution in [0.3, 0.4) is 0 Å². The standard InChI is InChI=1S/C25H27F4N5O3/c1-11-9-34(10-12(2)21(11)35)24(37)15-5-19(26)22(30-8-15)31-13(3)16-6-17-20(7-18(16)25(27,28)29)32-14(4)33-23(17)36/h5-8,11-13,21,35H,9-10H2,1-4H3,(H,30,31)(H,32,33,36). The summed E-state index contributed by atoms with van der Waals surface area (Å²) in [5.74, 6) is -1.83. The van der Waals surface area contributed by atoms with Crippen LogP contribution in [-0.2, 0) is 6.18 Å². The zero-order chi connectivity index (χ0) is 27.2. The van der Waals surface area contributed by atoms with Crippen molar-refractivity contribution in [1.29, 1.82) is 0 Å². The Morgan fingerprint density at radius 1 is 1.22 bits per heavy atom. The monoisotopic (exact) mass is 521 g/mol. The first-order chi connectivity index (χ1) is 17.3. The van der Waals surface area contributed by atoms with Crippen molar-refractivity contribution in [2.24, 2.45) is 11.8 Å². The molecule has 0 spiro atoms. The molecular weight excluding hydrogens is 494 g/mol. The van der Waals surface area contributed by atoms with Gasteiger partial charge in [-0.05, 0) is 49.4 Å². The molecule has 198 valence electrons. The Morgan fingerprint density at radius 2 is 1.86 bits per heavy atom. The number of fused-ring (bicyclic) bond motifs is 1. The van der Waals surface area contributed by atoms with Gasteiger partial charge in [0.05, 0.1) is 34.2 Å². The molecule has 3 heterocycles. The highest BCUT2D eigenvalue weighted by molar-refractivity contribution is 5.94. The van der Waals surface area contributed by atoms with Gasteiger partial charge in [0.15, 0.2) is 11.6 Å². The molecule has 1 saturated heterocycles. The smallest absolute Gasteiger partial charge is 0.392 e. The third-order valence-electron chi connectivity index (χ3n) is 6.68. The number of alkyl halides is 3. The number of amides is 1. The minimum atomic E-state index is -4.75. The van der Waals surface area contributed by atoms with E-state index in [1.54, 1.807) is 0 Å². The highest BCUT2D eigenvalue weighted by Gasteiger charge is 2.36. The van der Waals surface area contributed by atoms with Crippen LogP contribution in [0.1, 0.15) is 54.1 Å². The van der Waals surface area contributed by atoms with Crippen LogP contribution in [-0.4, -0.2) is 50.1 Å². The van der Waals surface area contributed by atoms with Gasteiger partial charge in [0.2, 0.25) is 0 Å². The van der Waals surface area contributed by atoms with E-state index in [1.165, 1.54) is 18.7 Å². The lowest BCUT2D eigenvalue weighted by Crippen LogP contribution is -2.49. The lowest BCUT2D eigenvalue weighted by atomic mass is 9.88. The number of aromatic nitrogens is 3.